The molecule has 0 aliphatic carbocycles. The fourth-order valence-electron chi connectivity index (χ4n) is 1.62. The summed E-state index contributed by atoms with van der Waals surface area (Å²) in [6.07, 6.45) is 6.57. The highest BCUT2D eigenvalue weighted by atomic mass is 32.2. The molecule has 0 amide bonds. The Morgan fingerprint density at radius 1 is 1.25 bits per heavy atom. The quantitative estimate of drug-likeness (QED) is 0.641. The van der Waals surface area contributed by atoms with Crippen LogP contribution in [0.3, 0.4) is 0 Å². The van der Waals surface area contributed by atoms with E-state index in [1.54, 1.807) is 0 Å². The Hall–Kier alpha value is -2.00. The van der Waals surface area contributed by atoms with Crippen molar-refractivity contribution in [3.63, 3.8) is 0 Å². The summed E-state index contributed by atoms with van der Waals surface area (Å²) in [5.41, 5.74) is 0.886. The van der Waals surface area contributed by atoms with Crippen molar-refractivity contribution in [1.82, 2.24) is 25.5 Å². The van der Waals surface area contributed by atoms with Crippen molar-refractivity contribution in [3.8, 4) is 0 Å². The van der Waals surface area contributed by atoms with Gasteiger partial charge >= 0.3 is 0 Å². The van der Waals surface area contributed by atoms with E-state index < -0.39 is 10.0 Å². The first kappa shape index (κ1) is 14.4. The van der Waals surface area contributed by atoms with Crippen LogP contribution in [-0.2, 0) is 16.6 Å². The molecule has 3 N–H and O–H groups in total. The van der Waals surface area contributed by atoms with Crippen molar-refractivity contribution < 1.29 is 8.42 Å². The summed E-state index contributed by atoms with van der Waals surface area (Å²) in [5, 5.41) is 9.49. The van der Waals surface area contributed by atoms with Gasteiger partial charge in [-0.1, -0.05) is 6.92 Å². The topological polar surface area (TPSA) is 113 Å². The van der Waals surface area contributed by atoms with Crippen LogP contribution in [0.5, 0.6) is 0 Å². The maximum atomic E-state index is 12.3. The van der Waals surface area contributed by atoms with Crippen LogP contribution in [0.25, 0.3) is 0 Å². The number of nitrogens with one attached hydrogen (secondary N) is 3. The van der Waals surface area contributed by atoms with Gasteiger partial charge in [-0.3, -0.25) is 9.82 Å². The van der Waals surface area contributed by atoms with E-state index in [1.807, 2.05) is 6.92 Å². The third-order valence-corrected chi connectivity index (χ3v) is 3.90. The lowest BCUT2D eigenvalue weighted by Gasteiger charge is -2.08. The van der Waals surface area contributed by atoms with Gasteiger partial charge in [-0.05, 0) is 13.0 Å². The minimum Gasteiger partial charge on any atom is -0.313 e. The van der Waals surface area contributed by atoms with Gasteiger partial charge in [0.05, 0.1) is 24.3 Å². The minimum absolute atomic E-state index is 0.0463. The molecule has 0 fully saturated rings. The summed E-state index contributed by atoms with van der Waals surface area (Å²) in [4.78, 5) is 7.51. The molecule has 2 aromatic heterocycles. The molecular formula is C11H16N6O2S. The highest BCUT2D eigenvalue weighted by Crippen LogP contribution is 2.16. The summed E-state index contributed by atoms with van der Waals surface area (Å²) < 4.78 is 26.9. The van der Waals surface area contributed by atoms with E-state index in [4.69, 9.17) is 0 Å². The van der Waals surface area contributed by atoms with Crippen LogP contribution in [0.15, 0.2) is 29.9 Å². The fourth-order valence-corrected chi connectivity index (χ4v) is 2.78. The van der Waals surface area contributed by atoms with Crippen LogP contribution >= 0.6 is 0 Å². The van der Waals surface area contributed by atoms with Crippen LogP contribution in [0.4, 0.5) is 5.69 Å². The van der Waals surface area contributed by atoms with Crippen molar-refractivity contribution >= 4 is 15.7 Å². The molecule has 0 radical (unpaired) electrons. The predicted molar refractivity (Wildman–Crippen MR) is 73.4 cm³/mol. The molecule has 0 aromatic carbocycles. The second-order valence-corrected chi connectivity index (χ2v) is 5.75. The third-order valence-electron chi connectivity index (χ3n) is 2.50. The second kappa shape index (κ2) is 6.44. The zero-order valence-electron chi connectivity index (χ0n) is 11.0. The van der Waals surface area contributed by atoms with Crippen LogP contribution < -0.4 is 10.0 Å². The summed E-state index contributed by atoms with van der Waals surface area (Å²) in [6, 6.07) is 0. The number of hydrogen-bond acceptors (Lipinski definition) is 6. The van der Waals surface area contributed by atoms with Crippen molar-refractivity contribution in [1.29, 1.82) is 0 Å². The maximum Gasteiger partial charge on any atom is 0.279 e. The summed E-state index contributed by atoms with van der Waals surface area (Å²) >= 11 is 0. The summed E-state index contributed by atoms with van der Waals surface area (Å²) in [5.74, 6) is 0. The zero-order chi connectivity index (χ0) is 14.4. The van der Waals surface area contributed by atoms with Gasteiger partial charge in [0, 0.05) is 12.1 Å². The molecular weight excluding hydrogens is 280 g/mol. The Morgan fingerprint density at radius 3 is 2.70 bits per heavy atom. The van der Waals surface area contributed by atoms with Gasteiger partial charge < -0.3 is 5.32 Å². The number of H-pyrrole nitrogens is 1. The Morgan fingerprint density at radius 2 is 2.00 bits per heavy atom. The first-order valence-electron chi connectivity index (χ1n) is 6.14. The summed E-state index contributed by atoms with van der Waals surface area (Å²) in [7, 11) is -3.73. The maximum absolute atomic E-state index is 12.3. The van der Waals surface area contributed by atoms with Gasteiger partial charge in [-0.15, -0.1) is 0 Å². The Balaban J connectivity index is 2.15. The fraction of sp³-hybridized carbons (Fsp3) is 0.364. The molecule has 108 valence electrons. The molecule has 9 heteroatoms. The van der Waals surface area contributed by atoms with Crippen molar-refractivity contribution in [2.45, 2.75) is 24.9 Å². The molecule has 0 bridgehead atoms. The largest absolute Gasteiger partial charge is 0.313 e. The number of aromatic amines is 1. The Labute approximate surface area is 117 Å². The van der Waals surface area contributed by atoms with Crippen LogP contribution in [0, 0.1) is 0 Å². The SMILES string of the molecule is CCCNCc1cn[nH]c1S(=O)(=O)Nc1cncnc1. The first-order chi connectivity index (χ1) is 9.63. The Bertz CT molecular complexity index is 640. The van der Waals surface area contributed by atoms with E-state index in [1.165, 1.54) is 24.9 Å². The van der Waals surface area contributed by atoms with Gasteiger partial charge in [-0.2, -0.15) is 13.5 Å². The van der Waals surface area contributed by atoms with Gasteiger partial charge in [-0.25, -0.2) is 9.97 Å². The molecule has 0 aliphatic rings. The molecule has 2 heterocycles. The zero-order valence-corrected chi connectivity index (χ0v) is 11.8. The second-order valence-electron chi connectivity index (χ2n) is 4.13. The lowest BCUT2D eigenvalue weighted by Crippen LogP contribution is -2.19. The average molecular weight is 296 g/mol. The van der Waals surface area contributed by atoms with E-state index in [0.717, 1.165) is 13.0 Å². The van der Waals surface area contributed by atoms with Crippen LogP contribution in [0.1, 0.15) is 18.9 Å². The minimum atomic E-state index is -3.73. The summed E-state index contributed by atoms with van der Waals surface area (Å²) in [6.45, 7) is 3.29. The van der Waals surface area contributed by atoms with Crippen molar-refractivity contribution in [2.24, 2.45) is 0 Å². The van der Waals surface area contributed by atoms with Crippen LogP contribution in [-0.4, -0.2) is 35.1 Å². The first-order valence-corrected chi connectivity index (χ1v) is 7.62. The highest BCUT2D eigenvalue weighted by Gasteiger charge is 2.20. The van der Waals surface area contributed by atoms with Crippen molar-refractivity contribution in [3.05, 3.63) is 30.5 Å². The number of hydrogen-bond donors (Lipinski definition) is 3. The van der Waals surface area contributed by atoms with Gasteiger partial charge in [0.1, 0.15) is 6.33 Å². The molecule has 0 unspecified atom stereocenters. The molecule has 20 heavy (non-hydrogen) atoms. The van der Waals surface area contributed by atoms with Gasteiger partial charge in [0.15, 0.2) is 5.03 Å². The third kappa shape index (κ3) is 3.52. The highest BCUT2D eigenvalue weighted by molar-refractivity contribution is 7.92. The monoisotopic (exact) mass is 296 g/mol. The molecule has 8 nitrogen and oxygen atoms in total. The molecule has 0 spiro atoms. The smallest absolute Gasteiger partial charge is 0.279 e. The predicted octanol–water partition coefficient (Wildman–Crippen LogP) is 0.500. The van der Waals surface area contributed by atoms with Gasteiger partial charge in [0.25, 0.3) is 10.0 Å². The normalized spacial score (nSPS) is 11.4. The van der Waals surface area contributed by atoms with Gasteiger partial charge in [0.2, 0.25) is 0 Å². The van der Waals surface area contributed by atoms with E-state index in [2.05, 4.69) is 30.2 Å². The van der Waals surface area contributed by atoms with E-state index in [-0.39, 0.29) is 5.03 Å². The van der Waals surface area contributed by atoms with Crippen LogP contribution in [0.2, 0.25) is 0 Å². The number of aromatic nitrogens is 4. The number of sulfonamides is 1. The lowest BCUT2D eigenvalue weighted by molar-refractivity contribution is 0.593. The molecule has 0 atom stereocenters. The van der Waals surface area contributed by atoms with Crippen molar-refractivity contribution in [2.75, 3.05) is 11.3 Å². The standard InChI is InChI=1S/C11H16N6O2S/c1-2-3-12-4-9-5-15-16-11(9)20(18,19)17-10-6-13-8-14-7-10/h5-8,12,17H,2-4H2,1H3,(H,15,16). The lowest BCUT2D eigenvalue weighted by atomic mass is 10.3. The molecule has 2 rings (SSSR count). The molecule has 0 aliphatic heterocycles. The molecule has 2 aromatic rings. The average Bonchev–Trinajstić information content (AvgIpc) is 2.89. The molecule has 0 saturated heterocycles. The number of anilines is 1. The number of nitrogens with zero attached hydrogens (tertiary/aromatic N) is 3. The van der Waals surface area contributed by atoms with E-state index in [0.29, 0.717) is 17.8 Å². The van der Waals surface area contributed by atoms with E-state index >= 15 is 0 Å². The number of rotatable bonds is 7. The molecule has 0 saturated carbocycles. The van der Waals surface area contributed by atoms with E-state index in [9.17, 15) is 8.42 Å². The Kier molecular flexibility index (Phi) is 4.64.